The van der Waals surface area contributed by atoms with Crippen molar-refractivity contribution in [3.63, 3.8) is 0 Å². The normalized spacial score (nSPS) is 15.5. The third kappa shape index (κ3) is 7.11. The summed E-state index contributed by atoms with van der Waals surface area (Å²) in [5, 5.41) is 0. The minimum atomic E-state index is 0.557. The molecule has 0 heterocycles. The Balaban J connectivity index is 3.64. The minimum Gasteiger partial charge on any atom is -0.0911 e. The summed E-state index contributed by atoms with van der Waals surface area (Å²) in [7, 11) is 0. The Morgan fingerprint density at radius 2 is 1.91 bits per heavy atom. The molecule has 62 valence electrons. The van der Waals surface area contributed by atoms with Crippen molar-refractivity contribution in [2.24, 2.45) is 5.92 Å². The Morgan fingerprint density at radius 3 is 2.45 bits per heavy atom. The Hall–Kier alpha value is -0.780. The zero-order valence-corrected chi connectivity index (χ0v) is 7.75. The van der Waals surface area contributed by atoms with Crippen LogP contribution in [-0.2, 0) is 0 Å². The van der Waals surface area contributed by atoms with Crippen molar-refractivity contribution >= 4 is 0 Å². The van der Waals surface area contributed by atoms with E-state index in [0.717, 1.165) is 6.42 Å². The molecule has 1 unspecified atom stereocenters. The molecule has 0 aromatic heterocycles. The molecule has 11 heavy (non-hydrogen) atoms. The monoisotopic (exact) mass is 150 g/mol. The van der Waals surface area contributed by atoms with Crippen molar-refractivity contribution in [3.8, 4) is 0 Å². The van der Waals surface area contributed by atoms with E-state index in [4.69, 9.17) is 0 Å². The molecule has 0 aliphatic rings. The maximum absolute atomic E-state index is 2.19. The first-order valence-corrected chi connectivity index (χ1v) is 4.27. The molecule has 0 saturated heterocycles. The molecular weight excluding hydrogens is 132 g/mol. The van der Waals surface area contributed by atoms with Gasteiger partial charge < -0.3 is 0 Å². The Kier molecular flexibility index (Phi) is 6.81. The quantitative estimate of drug-likeness (QED) is 0.423. The Bertz CT molecular complexity index is 149. The summed E-state index contributed by atoms with van der Waals surface area (Å²) < 4.78 is 0. The van der Waals surface area contributed by atoms with Crippen LogP contribution >= 0.6 is 0 Å². The molecule has 0 aromatic carbocycles. The van der Waals surface area contributed by atoms with Gasteiger partial charge >= 0.3 is 0 Å². The van der Waals surface area contributed by atoms with Crippen molar-refractivity contribution in [2.75, 3.05) is 0 Å². The van der Waals surface area contributed by atoms with Crippen LogP contribution in [-0.4, -0.2) is 0 Å². The van der Waals surface area contributed by atoms with E-state index in [1.807, 2.05) is 6.92 Å². The van der Waals surface area contributed by atoms with Crippen molar-refractivity contribution in [2.45, 2.75) is 27.2 Å². The minimum absolute atomic E-state index is 0.557. The number of allylic oxidation sites excluding steroid dienone is 6. The molecular formula is C11H18. The number of hydrogen-bond acceptors (Lipinski definition) is 0. The van der Waals surface area contributed by atoms with E-state index in [1.54, 1.807) is 0 Å². The summed E-state index contributed by atoms with van der Waals surface area (Å²) in [6.07, 6.45) is 13.9. The first kappa shape index (κ1) is 10.2. The predicted molar refractivity (Wildman–Crippen MR) is 52.5 cm³/mol. The molecule has 0 bridgehead atoms. The second-order valence-electron chi connectivity index (χ2n) is 2.61. The molecule has 1 atom stereocenters. The molecule has 0 spiro atoms. The van der Waals surface area contributed by atoms with Crippen LogP contribution in [0.5, 0.6) is 0 Å². The molecule has 0 N–H and O–H groups in total. The molecule has 0 aliphatic carbocycles. The van der Waals surface area contributed by atoms with Gasteiger partial charge in [0.1, 0.15) is 0 Å². The van der Waals surface area contributed by atoms with E-state index in [9.17, 15) is 0 Å². The van der Waals surface area contributed by atoms with Gasteiger partial charge in [-0.15, -0.1) is 0 Å². The fraction of sp³-hybridized carbons (Fsp3) is 0.455. The van der Waals surface area contributed by atoms with Crippen LogP contribution in [0.4, 0.5) is 0 Å². The van der Waals surface area contributed by atoms with Crippen LogP contribution in [0.1, 0.15) is 27.2 Å². The van der Waals surface area contributed by atoms with E-state index < -0.39 is 0 Å². The topological polar surface area (TPSA) is 0 Å². The van der Waals surface area contributed by atoms with Gasteiger partial charge in [-0.25, -0.2) is 0 Å². The molecule has 0 nitrogen and oxygen atoms in total. The lowest BCUT2D eigenvalue weighted by atomic mass is 10.1. The molecule has 0 rings (SSSR count). The SMILES string of the molecule is C/C=C\C(C)/C=C\C=C/CC. The highest BCUT2D eigenvalue weighted by molar-refractivity contribution is 5.06. The standard InChI is InChI=1S/C11H18/c1-4-6-7-8-10-11(3)9-5-2/h5-11H,4H2,1-3H3/b7-6-,9-5-,10-8-. The predicted octanol–water partition coefficient (Wildman–Crippen LogP) is 3.72. The highest BCUT2D eigenvalue weighted by Gasteiger charge is 1.84. The van der Waals surface area contributed by atoms with Crippen LogP contribution in [0.3, 0.4) is 0 Å². The lowest BCUT2D eigenvalue weighted by Crippen LogP contribution is -1.79. The maximum atomic E-state index is 2.19. The van der Waals surface area contributed by atoms with E-state index in [0.29, 0.717) is 5.92 Å². The van der Waals surface area contributed by atoms with Gasteiger partial charge in [-0.05, 0) is 19.3 Å². The van der Waals surface area contributed by atoms with Gasteiger partial charge in [0.2, 0.25) is 0 Å². The van der Waals surface area contributed by atoms with Gasteiger partial charge in [-0.2, -0.15) is 0 Å². The molecule has 0 saturated carbocycles. The molecule has 0 fully saturated rings. The first-order chi connectivity index (χ1) is 5.31. The summed E-state index contributed by atoms with van der Waals surface area (Å²) in [4.78, 5) is 0. The fourth-order valence-corrected chi connectivity index (χ4v) is 0.822. The van der Waals surface area contributed by atoms with Crippen molar-refractivity contribution in [1.82, 2.24) is 0 Å². The van der Waals surface area contributed by atoms with Crippen molar-refractivity contribution in [3.05, 3.63) is 36.5 Å². The summed E-state index contributed by atoms with van der Waals surface area (Å²) in [6.45, 7) is 6.36. The van der Waals surface area contributed by atoms with Crippen molar-refractivity contribution in [1.29, 1.82) is 0 Å². The smallest absolute Gasteiger partial charge is 0.00789 e. The van der Waals surface area contributed by atoms with Crippen LogP contribution in [0.2, 0.25) is 0 Å². The second kappa shape index (κ2) is 7.33. The largest absolute Gasteiger partial charge is 0.0911 e. The van der Waals surface area contributed by atoms with Crippen LogP contribution < -0.4 is 0 Å². The number of hydrogen-bond donors (Lipinski definition) is 0. The van der Waals surface area contributed by atoms with Crippen LogP contribution in [0.25, 0.3) is 0 Å². The zero-order valence-electron chi connectivity index (χ0n) is 7.75. The maximum Gasteiger partial charge on any atom is -0.00789 e. The summed E-state index contributed by atoms with van der Waals surface area (Å²) in [6, 6.07) is 0. The van der Waals surface area contributed by atoms with Gasteiger partial charge in [0.25, 0.3) is 0 Å². The van der Waals surface area contributed by atoms with Gasteiger partial charge in [0.05, 0.1) is 0 Å². The Morgan fingerprint density at radius 1 is 1.18 bits per heavy atom. The molecule has 0 heteroatoms. The lowest BCUT2D eigenvalue weighted by Gasteiger charge is -1.93. The van der Waals surface area contributed by atoms with Crippen molar-refractivity contribution < 1.29 is 0 Å². The summed E-state index contributed by atoms with van der Waals surface area (Å²) in [5.74, 6) is 0.557. The fourth-order valence-electron chi connectivity index (χ4n) is 0.822. The average Bonchev–Trinajstić information content (AvgIpc) is 1.99. The van der Waals surface area contributed by atoms with Gasteiger partial charge in [0.15, 0.2) is 0 Å². The highest BCUT2D eigenvalue weighted by Crippen LogP contribution is 1.98. The molecule has 0 amide bonds. The van der Waals surface area contributed by atoms with Crippen LogP contribution in [0.15, 0.2) is 36.5 Å². The lowest BCUT2D eigenvalue weighted by molar-refractivity contribution is 0.937. The van der Waals surface area contributed by atoms with E-state index in [-0.39, 0.29) is 0 Å². The van der Waals surface area contributed by atoms with Gasteiger partial charge in [0, 0.05) is 0 Å². The Labute approximate surface area is 70.3 Å². The third-order valence-corrected chi connectivity index (χ3v) is 1.39. The summed E-state index contributed by atoms with van der Waals surface area (Å²) >= 11 is 0. The van der Waals surface area contributed by atoms with E-state index >= 15 is 0 Å². The highest BCUT2D eigenvalue weighted by atomic mass is 13.9. The zero-order chi connectivity index (χ0) is 8.53. The average molecular weight is 150 g/mol. The molecule has 0 aliphatic heterocycles. The molecule has 0 radical (unpaired) electrons. The van der Waals surface area contributed by atoms with E-state index in [2.05, 4.69) is 50.3 Å². The first-order valence-electron chi connectivity index (χ1n) is 4.27. The summed E-state index contributed by atoms with van der Waals surface area (Å²) in [5.41, 5.74) is 0. The second-order valence-corrected chi connectivity index (χ2v) is 2.61. The number of rotatable bonds is 4. The van der Waals surface area contributed by atoms with Gasteiger partial charge in [-0.3, -0.25) is 0 Å². The molecule has 0 aromatic rings. The van der Waals surface area contributed by atoms with Crippen LogP contribution in [0, 0.1) is 5.92 Å². The van der Waals surface area contributed by atoms with E-state index in [1.165, 1.54) is 0 Å². The third-order valence-electron chi connectivity index (χ3n) is 1.39. The van der Waals surface area contributed by atoms with Gasteiger partial charge in [-0.1, -0.05) is 50.3 Å².